The van der Waals surface area contributed by atoms with Gasteiger partial charge in [-0.05, 0) is 31.0 Å². The largest absolute Gasteiger partial charge is 0.478 e. The molecule has 0 saturated carbocycles. The molecular formula is C11H14N2O4S. The second-order valence-corrected chi connectivity index (χ2v) is 6.19. The Kier molecular flexibility index (Phi) is 3.16. The monoisotopic (exact) mass is 270 g/mol. The molecule has 1 fully saturated rings. The molecule has 7 heteroatoms. The van der Waals surface area contributed by atoms with Gasteiger partial charge in [0.05, 0.1) is 17.0 Å². The Morgan fingerprint density at radius 3 is 2.67 bits per heavy atom. The van der Waals surface area contributed by atoms with Crippen LogP contribution in [0.25, 0.3) is 0 Å². The van der Waals surface area contributed by atoms with Crippen LogP contribution < -0.4 is 10.0 Å². The smallest absolute Gasteiger partial charge is 0.337 e. The van der Waals surface area contributed by atoms with Crippen LogP contribution in [-0.4, -0.2) is 31.8 Å². The summed E-state index contributed by atoms with van der Waals surface area (Å²) in [5.41, 5.74) is 5.94. The van der Waals surface area contributed by atoms with Crippen LogP contribution >= 0.6 is 0 Å². The summed E-state index contributed by atoms with van der Waals surface area (Å²) < 4.78 is 25.1. The van der Waals surface area contributed by atoms with Crippen molar-refractivity contribution < 1.29 is 18.3 Å². The van der Waals surface area contributed by atoms with E-state index in [1.807, 2.05) is 0 Å². The normalized spacial score (nSPS) is 18.6. The van der Waals surface area contributed by atoms with E-state index in [4.69, 9.17) is 10.8 Å². The molecule has 1 aromatic rings. The third-order valence-corrected chi connectivity index (χ3v) is 4.72. The molecule has 0 atom stereocenters. The fraction of sp³-hybridized carbons (Fsp3) is 0.364. The van der Waals surface area contributed by atoms with E-state index in [1.165, 1.54) is 22.5 Å². The molecule has 1 heterocycles. The average Bonchev–Trinajstić information content (AvgIpc) is 2.29. The number of nitrogens with zero attached hydrogens (tertiary/aromatic N) is 1. The molecular weight excluding hydrogens is 256 g/mol. The van der Waals surface area contributed by atoms with Gasteiger partial charge in [-0.2, -0.15) is 0 Å². The van der Waals surface area contributed by atoms with E-state index in [0.29, 0.717) is 18.7 Å². The maximum Gasteiger partial charge on any atom is 0.337 e. The lowest BCUT2D eigenvalue weighted by molar-refractivity contribution is 0.0698. The Hall–Kier alpha value is -1.76. The van der Waals surface area contributed by atoms with E-state index in [0.717, 1.165) is 6.42 Å². The van der Waals surface area contributed by atoms with Gasteiger partial charge in [-0.15, -0.1) is 0 Å². The molecule has 1 aromatic carbocycles. The first-order valence-corrected chi connectivity index (χ1v) is 7.16. The van der Waals surface area contributed by atoms with Crippen molar-refractivity contribution in [1.82, 2.24) is 0 Å². The molecule has 98 valence electrons. The highest BCUT2D eigenvalue weighted by Gasteiger charge is 2.29. The molecule has 0 unspecified atom stereocenters. The van der Waals surface area contributed by atoms with E-state index < -0.39 is 16.0 Å². The molecule has 1 aliphatic heterocycles. The fourth-order valence-electron chi connectivity index (χ4n) is 2.00. The highest BCUT2D eigenvalue weighted by Crippen LogP contribution is 2.28. The van der Waals surface area contributed by atoms with Crippen LogP contribution in [0.5, 0.6) is 0 Å². The standard InChI is InChI=1S/C11H14N2O4S/c12-8-3-4-10(9(7-8)11(14)15)13-5-1-2-6-18(13,16)17/h3-4,7H,1-2,5-6,12H2,(H,14,15). The predicted molar refractivity (Wildman–Crippen MR) is 68.2 cm³/mol. The summed E-state index contributed by atoms with van der Waals surface area (Å²) in [6.07, 6.45) is 1.33. The zero-order valence-corrected chi connectivity index (χ0v) is 10.5. The maximum absolute atomic E-state index is 11.9. The third kappa shape index (κ3) is 2.26. The Morgan fingerprint density at radius 2 is 2.06 bits per heavy atom. The summed E-state index contributed by atoms with van der Waals surface area (Å²) in [5, 5.41) is 9.11. The van der Waals surface area contributed by atoms with E-state index >= 15 is 0 Å². The second-order valence-electron chi connectivity index (χ2n) is 4.18. The van der Waals surface area contributed by atoms with Gasteiger partial charge in [0, 0.05) is 12.2 Å². The van der Waals surface area contributed by atoms with Crippen LogP contribution in [0.4, 0.5) is 11.4 Å². The number of benzene rings is 1. The molecule has 2 rings (SSSR count). The van der Waals surface area contributed by atoms with Gasteiger partial charge in [-0.1, -0.05) is 0 Å². The van der Waals surface area contributed by atoms with Crippen LogP contribution in [0, 0.1) is 0 Å². The van der Waals surface area contributed by atoms with Gasteiger partial charge in [0.15, 0.2) is 0 Å². The average molecular weight is 270 g/mol. The van der Waals surface area contributed by atoms with E-state index in [1.54, 1.807) is 0 Å². The molecule has 3 N–H and O–H groups in total. The minimum absolute atomic E-state index is 0.0520. The van der Waals surface area contributed by atoms with Gasteiger partial charge in [-0.25, -0.2) is 13.2 Å². The van der Waals surface area contributed by atoms with Crippen molar-refractivity contribution in [2.24, 2.45) is 0 Å². The highest BCUT2D eigenvalue weighted by atomic mass is 32.2. The molecule has 0 aliphatic carbocycles. The first-order chi connectivity index (χ1) is 8.42. The van der Waals surface area contributed by atoms with Crippen LogP contribution in [0.2, 0.25) is 0 Å². The van der Waals surface area contributed by atoms with Gasteiger partial charge < -0.3 is 10.8 Å². The first kappa shape index (κ1) is 12.7. The summed E-state index contributed by atoms with van der Waals surface area (Å²) in [4.78, 5) is 11.2. The number of anilines is 2. The highest BCUT2D eigenvalue weighted by molar-refractivity contribution is 7.92. The van der Waals surface area contributed by atoms with Crippen molar-refractivity contribution in [1.29, 1.82) is 0 Å². The number of carboxylic acid groups (broad SMARTS) is 1. The van der Waals surface area contributed by atoms with Gasteiger partial charge in [0.25, 0.3) is 0 Å². The Morgan fingerprint density at radius 1 is 1.33 bits per heavy atom. The molecule has 0 radical (unpaired) electrons. The number of nitrogen functional groups attached to an aromatic ring is 1. The first-order valence-electron chi connectivity index (χ1n) is 5.55. The SMILES string of the molecule is Nc1ccc(N2CCCCS2(=O)=O)c(C(=O)O)c1. The van der Waals surface area contributed by atoms with Crippen molar-refractivity contribution in [3.63, 3.8) is 0 Å². The van der Waals surface area contributed by atoms with Gasteiger partial charge >= 0.3 is 5.97 Å². The molecule has 0 aromatic heterocycles. The Bertz CT molecular complexity index is 583. The fourth-order valence-corrected chi connectivity index (χ4v) is 3.66. The zero-order valence-electron chi connectivity index (χ0n) is 9.67. The van der Waals surface area contributed by atoms with Crippen LogP contribution in [0.1, 0.15) is 23.2 Å². The topological polar surface area (TPSA) is 101 Å². The number of carboxylic acids is 1. The van der Waals surface area contributed by atoms with E-state index in [2.05, 4.69) is 0 Å². The Labute approximate surface area is 105 Å². The lowest BCUT2D eigenvalue weighted by Gasteiger charge is -2.29. The van der Waals surface area contributed by atoms with E-state index in [-0.39, 0.29) is 17.0 Å². The molecule has 0 bridgehead atoms. The molecule has 1 aliphatic rings. The maximum atomic E-state index is 11.9. The number of sulfonamides is 1. The van der Waals surface area contributed by atoms with Crippen molar-refractivity contribution in [2.45, 2.75) is 12.8 Å². The minimum Gasteiger partial charge on any atom is -0.478 e. The summed E-state index contributed by atoms with van der Waals surface area (Å²) in [7, 11) is -3.42. The van der Waals surface area contributed by atoms with E-state index in [9.17, 15) is 13.2 Å². The zero-order chi connectivity index (χ0) is 13.3. The lowest BCUT2D eigenvalue weighted by atomic mass is 10.1. The summed E-state index contributed by atoms with van der Waals surface area (Å²) in [6, 6.07) is 4.23. The van der Waals surface area contributed by atoms with Crippen molar-refractivity contribution >= 4 is 27.4 Å². The number of nitrogens with two attached hydrogens (primary N) is 1. The lowest BCUT2D eigenvalue weighted by Crippen LogP contribution is -2.38. The molecule has 0 amide bonds. The van der Waals surface area contributed by atoms with Gasteiger partial charge in [0.1, 0.15) is 0 Å². The van der Waals surface area contributed by atoms with Crippen molar-refractivity contribution in [3.8, 4) is 0 Å². The summed E-state index contributed by atoms with van der Waals surface area (Å²) in [6.45, 7) is 0.312. The predicted octanol–water partition coefficient (Wildman–Crippen LogP) is 0.897. The summed E-state index contributed by atoms with van der Waals surface area (Å²) >= 11 is 0. The van der Waals surface area contributed by atoms with Crippen LogP contribution in [-0.2, 0) is 10.0 Å². The number of carbonyl (C=O) groups is 1. The van der Waals surface area contributed by atoms with Gasteiger partial charge in [0.2, 0.25) is 10.0 Å². The van der Waals surface area contributed by atoms with Crippen molar-refractivity contribution in [2.75, 3.05) is 22.3 Å². The molecule has 6 nitrogen and oxygen atoms in total. The third-order valence-electron chi connectivity index (χ3n) is 2.87. The second kappa shape index (κ2) is 4.49. The van der Waals surface area contributed by atoms with Gasteiger partial charge in [-0.3, -0.25) is 4.31 Å². The summed E-state index contributed by atoms with van der Waals surface area (Å²) in [5.74, 6) is -1.13. The quantitative estimate of drug-likeness (QED) is 0.777. The molecule has 18 heavy (non-hydrogen) atoms. The Balaban J connectivity index is 2.53. The molecule has 1 saturated heterocycles. The number of aromatic carboxylic acids is 1. The minimum atomic E-state index is -3.42. The van der Waals surface area contributed by atoms with Crippen molar-refractivity contribution in [3.05, 3.63) is 23.8 Å². The molecule has 0 spiro atoms. The van der Waals surface area contributed by atoms with Crippen LogP contribution in [0.3, 0.4) is 0 Å². The number of rotatable bonds is 2. The number of hydrogen-bond acceptors (Lipinski definition) is 4. The van der Waals surface area contributed by atoms with Crippen LogP contribution in [0.15, 0.2) is 18.2 Å². The number of hydrogen-bond donors (Lipinski definition) is 2.